The summed E-state index contributed by atoms with van der Waals surface area (Å²) in [5.74, 6) is -1.20. The molecule has 0 aliphatic heterocycles. The molecule has 182 valence electrons. The first-order valence-corrected chi connectivity index (χ1v) is 11.5. The van der Waals surface area contributed by atoms with Gasteiger partial charge in [0, 0.05) is 38.5 Å². The van der Waals surface area contributed by atoms with Crippen LogP contribution in [-0.4, -0.2) is 55.5 Å². The van der Waals surface area contributed by atoms with E-state index in [9.17, 15) is 14.4 Å². The van der Waals surface area contributed by atoms with Crippen LogP contribution in [-0.2, 0) is 19.1 Å². The lowest BCUT2D eigenvalue weighted by molar-refractivity contribution is -0.149. The zero-order chi connectivity index (χ0) is 24.5. The number of ether oxygens (including phenoxy) is 2. The minimum absolute atomic E-state index is 0.0102. The summed E-state index contributed by atoms with van der Waals surface area (Å²) in [6.07, 6.45) is 0.301. The second-order valence-corrected chi connectivity index (χ2v) is 8.46. The van der Waals surface area contributed by atoms with E-state index in [1.807, 2.05) is 31.2 Å². The van der Waals surface area contributed by atoms with Crippen LogP contribution >= 0.6 is 0 Å². The average Bonchev–Trinajstić information content (AvgIpc) is 3.14. The summed E-state index contributed by atoms with van der Waals surface area (Å²) in [7, 11) is 1.32. The first-order valence-electron chi connectivity index (χ1n) is 11.5. The van der Waals surface area contributed by atoms with Crippen LogP contribution in [0.2, 0.25) is 0 Å². The summed E-state index contributed by atoms with van der Waals surface area (Å²) in [6, 6.07) is 16.2. The molecule has 8 nitrogen and oxygen atoms in total. The van der Waals surface area contributed by atoms with Crippen LogP contribution in [0.1, 0.15) is 49.7 Å². The second kappa shape index (κ2) is 12.2. The molecule has 0 bridgehead atoms. The van der Waals surface area contributed by atoms with Gasteiger partial charge in [0.1, 0.15) is 6.61 Å². The number of hydrogen-bond acceptors (Lipinski definition) is 5. The van der Waals surface area contributed by atoms with Gasteiger partial charge in [-0.15, -0.1) is 0 Å². The largest absolute Gasteiger partial charge is 0.479 e. The highest BCUT2D eigenvalue weighted by Gasteiger charge is 2.29. The summed E-state index contributed by atoms with van der Waals surface area (Å²) >= 11 is 0. The van der Waals surface area contributed by atoms with Gasteiger partial charge in [-0.05, 0) is 42.0 Å². The van der Waals surface area contributed by atoms with Crippen molar-refractivity contribution in [3.8, 4) is 11.1 Å². The number of carboxylic acid groups (broad SMARTS) is 1. The number of carbonyl (C=O) groups excluding carboxylic acids is 2. The fourth-order valence-electron chi connectivity index (χ4n) is 4.26. The van der Waals surface area contributed by atoms with Gasteiger partial charge in [0.15, 0.2) is 6.10 Å². The molecule has 2 amide bonds. The van der Waals surface area contributed by atoms with Crippen molar-refractivity contribution in [1.82, 2.24) is 10.6 Å². The summed E-state index contributed by atoms with van der Waals surface area (Å²) in [5.41, 5.74) is 4.69. The lowest BCUT2D eigenvalue weighted by atomic mass is 9.98. The molecule has 1 aliphatic rings. The number of amides is 2. The van der Waals surface area contributed by atoms with Crippen LogP contribution in [0, 0.1) is 0 Å². The van der Waals surface area contributed by atoms with Crippen LogP contribution < -0.4 is 10.6 Å². The van der Waals surface area contributed by atoms with Crippen molar-refractivity contribution in [1.29, 1.82) is 0 Å². The van der Waals surface area contributed by atoms with Crippen molar-refractivity contribution >= 4 is 18.0 Å². The third kappa shape index (κ3) is 6.57. The number of methoxy groups -OCH3 is 1. The van der Waals surface area contributed by atoms with Gasteiger partial charge in [-0.3, -0.25) is 4.79 Å². The summed E-state index contributed by atoms with van der Waals surface area (Å²) < 4.78 is 10.4. The van der Waals surface area contributed by atoms with Gasteiger partial charge in [0.05, 0.1) is 0 Å². The molecule has 0 saturated carbocycles. The molecule has 0 heterocycles. The number of carbonyl (C=O) groups is 3. The predicted molar refractivity (Wildman–Crippen MR) is 128 cm³/mol. The molecule has 0 spiro atoms. The Labute approximate surface area is 199 Å². The Morgan fingerprint density at radius 2 is 1.62 bits per heavy atom. The molecule has 0 fully saturated rings. The number of benzene rings is 2. The Bertz CT molecular complexity index is 963. The highest BCUT2D eigenvalue weighted by Crippen LogP contribution is 2.44. The monoisotopic (exact) mass is 468 g/mol. The maximum Gasteiger partial charge on any atom is 0.407 e. The van der Waals surface area contributed by atoms with E-state index in [1.54, 1.807) is 0 Å². The van der Waals surface area contributed by atoms with Gasteiger partial charge in [-0.1, -0.05) is 48.5 Å². The standard InChI is InChI=1S/C26H32N2O6/c1-17(8-7-13-24(29)27-15-14-23(33-2)25(30)31)28-26(32)34-16-22-20-11-5-3-9-18(20)19-10-4-6-12-21(19)22/h3-6,9-12,17,22-23H,7-8,13-16H2,1-2H3,(H,27,29)(H,28,32)(H,30,31). The van der Waals surface area contributed by atoms with Crippen molar-refractivity contribution in [3.63, 3.8) is 0 Å². The summed E-state index contributed by atoms with van der Waals surface area (Å²) in [4.78, 5) is 35.2. The number of fused-ring (bicyclic) bond motifs is 3. The molecule has 2 aromatic carbocycles. The topological polar surface area (TPSA) is 114 Å². The zero-order valence-corrected chi connectivity index (χ0v) is 19.6. The Balaban J connectivity index is 1.36. The highest BCUT2D eigenvalue weighted by atomic mass is 16.5. The smallest absolute Gasteiger partial charge is 0.407 e. The van der Waals surface area contributed by atoms with Crippen LogP contribution in [0.3, 0.4) is 0 Å². The molecule has 0 saturated heterocycles. The minimum atomic E-state index is -1.05. The minimum Gasteiger partial charge on any atom is -0.479 e. The van der Waals surface area contributed by atoms with E-state index in [0.717, 1.165) is 11.1 Å². The summed E-state index contributed by atoms with van der Waals surface area (Å²) in [6.45, 7) is 2.36. The number of hydrogen-bond donors (Lipinski definition) is 3. The Morgan fingerprint density at radius 3 is 2.21 bits per heavy atom. The molecule has 2 atom stereocenters. The maximum absolute atomic E-state index is 12.3. The van der Waals surface area contributed by atoms with Crippen molar-refractivity contribution in [2.24, 2.45) is 0 Å². The first kappa shape index (κ1) is 25.2. The molecule has 0 aromatic heterocycles. The van der Waals surface area contributed by atoms with E-state index >= 15 is 0 Å². The lowest BCUT2D eigenvalue weighted by Crippen LogP contribution is -2.34. The Hall–Kier alpha value is -3.39. The van der Waals surface area contributed by atoms with Crippen LogP contribution in [0.5, 0.6) is 0 Å². The fourth-order valence-corrected chi connectivity index (χ4v) is 4.26. The SMILES string of the molecule is COC(CCNC(=O)CCCC(C)NC(=O)OCC1c2ccccc2-c2ccccc21)C(=O)O. The second-order valence-electron chi connectivity index (χ2n) is 8.46. The number of rotatable bonds is 12. The Morgan fingerprint density at radius 1 is 1.00 bits per heavy atom. The van der Waals surface area contributed by atoms with E-state index in [4.69, 9.17) is 14.6 Å². The molecule has 3 rings (SSSR count). The van der Waals surface area contributed by atoms with Gasteiger partial charge in [0.2, 0.25) is 5.91 Å². The molecular weight excluding hydrogens is 436 g/mol. The average molecular weight is 469 g/mol. The van der Waals surface area contributed by atoms with Crippen LogP contribution in [0.25, 0.3) is 11.1 Å². The van der Waals surface area contributed by atoms with Crippen molar-refractivity contribution in [3.05, 3.63) is 59.7 Å². The van der Waals surface area contributed by atoms with Gasteiger partial charge in [-0.25, -0.2) is 9.59 Å². The van der Waals surface area contributed by atoms with E-state index in [0.29, 0.717) is 19.3 Å². The van der Waals surface area contributed by atoms with Gasteiger partial charge in [0.25, 0.3) is 0 Å². The van der Waals surface area contributed by atoms with E-state index in [-0.39, 0.29) is 37.4 Å². The van der Waals surface area contributed by atoms with Crippen molar-refractivity contribution < 1.29 is 29.0 Å². The molecule has 8 heteroatoms. The van der Waals surface area contributed by atoms with Crippen molar-refractivity contribution in [2.75, 3.05) is 20.3 Å². The first-order chi connectivity index (χ1) is 16.4. The Kier molecular flexibility index (Phi) is 9.04. The van der Waals surface area contributed by atoms with Gasteiger partial charge in [-0.2, -0.15) is 0 Å². The third-order valence-corrected chi connectivity index (χ3v) is 6.04. The molecule has 3 N–H and O–H groups in total. The molecule has 1 aliphatic carbocycles. The predicted octanol–water partition coefficient (Wildman–Crippen LogP) is 3.69. The number of aliphatic carboxylic acids is 1. The number of carboxylic acids is 1. The molecule has 2 unspecified atom stereocenters. The quantitative estimate of drug-likeness (QED) is 0.438. The molecular formula is C26H32N2O6. The maximum atomic E-state index is 12.3. The van der Waals surface area contributed by atoms with Crippen LogP contribution in [0.15, 0.2) is 48.5 Å². The van der Waals surface area contributed by atoms with Gasteiger partial charge < -0.3 is 25.2 Å². The normalized spacial score (nSPS) is 13.9. The van der Waals surface area contributed by atoms with Crippen LogP contribution in [0.4, 0.5) is 4.79 Å². The van der Waals surface area contributed by atoms with E-state index in [2.05, 4.69) is 34.9 Å². The van der Waals surface area contributed by atoms with Gasteiger partial charge >= 0.3 is 12.1 Å². The fraction of sp³-hybridized carbons (Fsp3) is 0.423. The van der Waals surface area contributed by atoms with Crippen molar-refractivity contribution in [2.45, 2.75) is 50.7 Å². The zero-order valence-electron chi connectivity index (χ0n) is 19.6. The number of alkyl carbamates (subject to hydrolysis) is 1. The molecule has 34 heavy (non-hydrogen) atoms. The van der Waals surface area contributed by atoms with E-state index < -0.39 is 18.2 Å². The van der Waals surface area contributed by atoms with E-state index in [1.165, 1.54) is 18.2 Å². The highest BCUT2D eigenvalue weighted by molar-refractivity contribution is 5.79. The molecule has 0 radical (unpaired) electrons. The number of nitrogens with one attached hydrogen (secondary N) is 2. The molecule has 2 aromatic rings. The lowest BCUT2D eigenvalue weighted by Gasteiger charge is -2.17. The third-order valence-electron chi connectivity index (χ3n) is 6.04. The summed E-state index contributed by atoms with van der Waals surface area (Å²) in [5, 5.41) is 14.4.